The van der Waals surface area contributed by atoms with Crippen molar-refractivity contribution in [3.63, 3.8) is 0 Å². The number of hydrogen-bond donors (Lipinski definition) is 1. The fourth-order valence-electron chi connectivity index (χ4n) is 3.62. The molecule has 1 saturated heterocycles. The van der Waals surface area contributed by atoms with E-state index >= 15 is 0 Å². The molecule has 2 aromatic carbocycles. The van der Waals surface area contributed by atoms with E-state index in [2.05, 4.69) is 5.16 Å². The van der Waals surface area contributed by atoms with Crippen molar-refractivity contribution >= 4 is 17.1 Å². The van der Waals surface area contributed by atoms with Gasteiger partial charge in [0.15, 0.2) is 5.58 Å². The number of likely N-dealkylation sites (tertiary alicyclic amines) is 1. The molecule has 1 N–H and O–H groups in total. The minimum atomic E-state index is -0.836. The molecule has 29 heavy (non-hydrogen) atoms. The van der Waals surface area contributed by atoms with Gasteiger partial charge < -0.3 is 24.0 Å². The minimum absolute atomic E-state index is 0.437. The van der Waals surface area contributed by atoms with Crippen molar-refractivity contribution in [3.8, 4) is 11.6 Å². The topological polar surface area (TPSA) is 85.0 Å². The van der Waals surface area contributed by atoms with Gasteiger partial charge in [0.05, 0.1) is 6.61 Å². The van der Waals surface area contributed by atoms with Gasteiger partial charge in [0.2, 0.25) is 0 Å². The number of rotatable bonds is 7. The first-order valence-electron chi connectivity index (χ1n) is 9.86. The molecular formula is C22H24N2O5. The van der Waals surface area contributed by atoms with Gasteiger partial charge in [-0.2, -0.15) is 0 Å². The van der Waals surface area contributed by atoms with Gasteiger partial charge in [-0.1, -0.05) is 36.4 Å². The molecule has 0 saturated carbocycles. The van der Waals surface area contributed by atoms with E-state index in [1.54, 1.807) is 0 Å². The monoisotopic (exact) mass is 396 g/mol. The number of carboxylic acid groups (broad SMARTS) is 1. The van der Waals surface area contributed by atoms with Gasteiger partial charge in [-0.25, -0.2) is 4.79 Å². The third kappa shape index (κ3) is 4.62. The molecule has 3 aromatic rings. The van der Waals surface area contributed by atoms with E-state index in [4.69, 9.17) is 19.1 Å². The van der Waals surface area contributed by atoms with Crippen LogP contribution in [0.3, 0.4) is 0 Å². The molecule has 1 fully saturated rings. The maximum atomic E-state index is 11.0. The number of piperidine rings is 1. The lowest BCUT2D eigenvalue weighted by molar-refractivity contribution is 0.119. The maximum absolute atomic E-state index is 11.0. The molecule has 7 heteroatoms. The van der Waals surface area contributed by atoms with Crippen LogP contribution in [0.4, 0.5) is 4.79 Å². The summed E-state index contributed by atoms with van der Waals surface area (Å²) in [5, 5.41) is 13.8. The second kappa shape index (κ2) is 8.86. The molecule has 1 aromatic heterocycles. The zero-order valence-electron chi connectivity index (χ0n) is 16.1. The quantitative estimate of drug-likeness (QED) is 0.630. The zero-order chi connectivity index (χ0) is 20.1. The lowest BCUT2D eigenvalue weighted by Gasteiger charge is -2.29. The summed E-state index contributed by atoms with van der Waals surface area (Å²) in [6.45, 7) is 2.13. The highest BCUT2D eigenvalue weighted by Gasteiger charge is 2.22. The Bertz CT molecular complexity index is 948. The summed E-state index contributed by atoms with van der Waals surface area (Å²) < 4.78 is 17.3. The van der Waals surface area contributed by atoms with Crippen LogP contribution in [0.25, 0.3) is 11.0 Å². The van der Waals surface area contributed by atoms with Crippen molar-refractivity contribution in [1.82, 2.24) is 10.1 Å². The van der Waals surface area contributed by atoms with Gasteiger partial charge in [-0.05, 0) is 48.0 Å². The number of nitrogens with zero attached hydrogens (tertiary/aromatic N) is 2. The first-order chi connectivity index (χ1) is 14.2. The Hall–Kier alpha value is -3.22. The number of fused-ring (bicyclic) bond motifs is 1. The molecule has 1 aliphatic heterocycles. The van der Waals surface area contributed by atoms with Crippen LogP contribution >= 0.6 is 0 Å². The number of carbonyl (C=O) groups is 1. The number of ether oxygens (including phenoxy) is 2. The molecule has 0 unspecified atom stereocenters. The smallest absolute Gasteiger partial charge is 0.407 e. The summed E-state index contributed by atoms with van der Waals surface area (Å²) >= 11 is 0. The van der Waals surface area contributed by atoms with Gasteiger partial charge in [0.1, 0.15) is 17.7 Å². The van der Waals surface area contributed by atoms with Crippen LogP contribution in [0.5, 0.6) is 11.6 Å². The average Bonchev–Trinajstić information content (AvgIpc) is 3.17. The second-order valence-electron chi connectivity index (χ2n) is 7.24. The summed E-state index contributed by atoms with van der Waals surface area (Å²) in [6, 6.07) is 15.6. The third-order valence-electron chi connectivity index (χ3n) is 5.32. The highest BCUT2D eigenvalue weighted by Crippen LogP contribution is 2.34. The third-order valence-corrected chi connectivity index (χ3v) is 5.32. The van der Waals surface area contributed by atoms with Crippen molar-refractivity contribution < 1.29 is 23.9 Å². The average molecular weight is 396 g/mol. The van der Waals surface area contributed by atoms with Crippen LogP contribution in [0.1, 0.15) is 24.8 Å². The number of benzene rings is 2. The Morgan fingerprint density at radius 1 is 1.10 bits per heavy atom. The molecule has 0 aliphatic carbocycles. The van der Waals surface area contributed by atoms with E-state index in [9.17, 15) is 4.79 Å². The van der Waals surface area contributed by atoms with Crippen LogP contribution in [-0.2, 0) is 6.61 Å². The van der Waals surface area contributed by atoms with E-state index in [0.717, 1.165) is 30.2 Å². The molecule has 0 radical (unpaired) electrons. The Kier molecular flexibility index (Phi) is 5.84. The Morgan fingerprint density at radius 3 is 2.66 bits per heavy atom. The van der Waals surface area contributed by atoms with Gasteiger partial charge in [-0.15, -0.1) is 0 Å². The fourth-order valence-corrected chi connectivity index (χ4v) is 3.62. The predicted molar refractivity (Wildman–Crippen MR) is 107 cm³/mol. The van der Waals surface area contributed by atoms with Crippen LogP contribution in [0.2, 0.25) is 0 Å². The largest absolute Gasteiger partial charge is 0.488 e. The number of amides is 1. The fraction of sp³-hybridized carbons (Fsp3) is 0.364. The first kappa shape index (κ1) is 19.1. The molecule has 1 aliphatic rings. The van der Waals surface area contributed by atoms with E-state index in [1.807, 2.05) is 48.5 Å². The number of hydrogen-bond acceptors (Lipinski definition) is 5. The highest BCUT2D eigenvalue weighted by molar-refractivity contribution is 5.88. The summed E-state index contributed by atoms with van der Waals surface area (Å²) in [5.74, 6) is 1.57. The van der Waals surface area contributed by atoms with Gasteiger partial charge in [0.25, 0.3) is 5.88 Å². The van der Waals surface area contributed by atoms with Crippen LogP contribution in [0.15, 0.2) is 53.1 Å². The van der Waals surface area contributed by atoms with Gasteiger partial charge in [0, 0.05) is 13.1 Å². The van der Waals surface area contributed by atoms with Gasteiger partial charge >= 0.3 is 6.09 Å². The second-order valence-corrected chi connectivity index (χ2v) is 7.24. The van der Waals surface area contributed by atoms with E-state index < -0.39 is 6.09 Å². The lowest BCUT2D eigenvalue weighted by atomic mass is 9.94. The first-order valence-corrected chi connectivity index (χ1v) is 9.86. The molecule has 152 valence electrons. The van der Waals surface area contributed by atoms with Gasteiger partial charge in [-0.3, -0.25) is 0 Å². The standard InChI is InChI=1S/C22H24N2O5/c25-22(26)24-12-9-16(10-13-24)11-14-27-21-20-18(7-4-8-19(20)29-23-21)28-15-17-5-2-1-3-6-17/h1-8,16H,9-15H2,(H,25,26). The van der Waals surface area contributed by atoms with Crippen LogP contribution < -0.4 is 9.47 Å². The lowest BCUT2D eigenvalue weighted by Crippen LogP contribution is -2.37. The van der Waals surface area contributed by atoms with Crippen molar-refractivity contribution in [1.29, 1.82) is 0 Å². The van der Waals surface area contributed by atoms with Crippen LogP contribution in [-0.4, -0.2) is 41.0 Å². The molecule has 0 bridgehead atoms. The maximum Gasteiger partial charge on any atom is 0.407 e. The normalized spacial score (nSPS) is 14.8. The van der Waals surface area contributed by atoms with Crippen molar-refractivity contribution in [2.24, 2.45) is 5.92 Å². The highest BCUT2D eigenvalue weighted by atomic mass is 16.5. The van der Waals surface area contributed by atoms with Crippen molar-refractivity contribution in [2.45, 2.75) is 25.9 Å². The predicted octanol–water partition coefficient (Wildman–Crippen LogP) is 4.57. The molecule has 0 spiro atoms. The zero-order valence-corrected chi connectivity index (χ0v) is 16.1. The SMILES string of the molecule is O=C(O)N1CCC(CCOc2noc3cccc(OCc4ccccc4)c23)CC1. The van der Waals surface area contributed by atoms with E-state index in [0.29, 0.717) is 49.4 Å². The summed E-state index contributed by atoms with van der Waals surface area (Å²) in [7, 11) is 0. The van der Waals surface area contributed by atoms with Crippen LogP contribution in [0, 0.1) is 5.92 Å². The molecular weight excluding hydrogens is 372 g/mol. The Morgan fingerprint density at radius 2 is 1.90 bits per heavy atom. The Balaban J connectivity index is 1.36. The number of aromatic nitrogens is 1. The van der Waals surface area contributed by atoms with E-state index in [-0.39, 0.29) is 0 Å². The molecule has 1 amide bonds. The molecule has 7 nitrogen and oxygen atoms in total. The molecule has 4 rings (SSSR count). The van der Waals surface area contributed by atoms with Crippen molar-refractivity contribution in [3.05, 3.63) is 54.1 Å². The molecule has 0 atom stereocenters. The summed E-state index contributed by atoms with van der Waals surface area (Å²) in [4.78, 5) is 12.5. The minimum Gasteiger partial charge on any atom is -0.488 e. The summed E-state index contributed by atoms with van der Waals surface area (Å²) in [5.41, 5.74) is 1.71. The molecule has 2 heterocycles. The van der Waals surface area contributed by atoms with E-state index in [1.165, 1.54) is 4.90 Å². The van der Waals surface area contributed by atoms with Crippen molar-refractivity contribution in [2.75, 3.05) is 19.7 Å². The Labute approximate surface area is 168 Å². The summed E-state index contributed by atoms with van der Waals surface area (Å²) in [6.07, 6.45) is 1.74.